The quantitative estimate of drug-likeness (QED) is 0.932. The predicted molar refractivity (Wildman–Crippen MR) is 79.0 cm³/mol. The van der Waals surface area contributed by atoms with Gasteiger partial charge in [-0.1, -0.05) is 6.07 Å². The Bertz CT molecular complexity index is 422. The van der Waals surface area contributed by atoms with Crippen LogP contribution >= 0.6 is 15.9 Å². The van der Waals surface area contributed by atoms with E-state index in [9.17, 15) is 0 Å². The van der Waals surface area contributed by atoms with Crippen molar-refractivity contribution in [2.45, 2.75) is 38.5 Å². The number of halogens is 1. The van der Waals surface area contributed by atoms with E-state index in [2.05, 4.69) is 53.0 Å². The first-order valence-corrected chi connectivity index (χ1v) is 7.19. The first-order chi connectivity index (χ1) is 8.50. The number of rotatable bonds is 3. The van der Waals surface area contributed by atoms with E-state index in [0.29, 0.717) is 6.04 Å². The fourth-order valence-electron chi connectivity index (χ4n) is 2.50. The van der Waals surface area contributed by atoms with Gasteiger partial charge < -0.3 is 15.4 Å². The van der Waals surface area contributed by atoms with E-state index in [-0.39, 0.29) is 12.1 Å². The van der Waals surface area contributed by atoms with Gasteiger partial charge in [0.1, 0.15) is 0 Å². The van der Waals surface area contributed by atoms with Crippen LogP contribution in [-0.4, -0.2) is 25.8 Å². The molecule has 1 aliphatic rings. The molecule has 3 nitrogen and oxygen atoms in total. The molecule has 3 atom stereocenters. The van der Waals surface area contributed by atoms with E-state index in [0.717, 1.165) is 23.1 Å². The number of nitrogens with zero attached hydrogens (tertiary/aromatic N) is 1. The van der Waals surface area contributed by atoms with Crippen molar-refractivity contribution >= 4 is 21.6 Å². The molecule has 2 N–H and O–H groups in total. The van der Waals surface area contributed by atoms with Gasteiger partial charge >= 0.3 is 0 Å². The average molecular weight is 313 g/mol. The van der Waals surface area contributed by atoms with E-state index in [1.165, 1.54) is 5.69 Å². The Morgan fingerprint density at radius 3 is 2.72 bits per heavy atom. The third-order valence-electron chi connectivity index (χ3n) is 3.71. The molecule has 0 radical (unpaired) electrons. The van der Waals surface area contributed by atoms with Crippen molar-refractivity contribution in [3.8, 4) is 0 Å². The summed E-state index contributed by atoms with van der Waals surface area (Å²) in [4.78, 5) is 2.30. The van der Waals surface area contributed by atoms with Crippen molar-refractivity contribution in [1.82, 2.24) is 0 Å². The zero-order valence-corrected chi connectivity index (χ0v) is 12.8. The van der Waals surface area contributed by atoms with Gasteiger partial charge in [0.25, 0.3) is 0 Å². The third kappa shape index (κ3) is 2.71. The molecular formula is C14H21BrN2O. The minimum absolute atomic E-state index is 0.0643. The molecule has 2 unspecified atom stereocenters. The van der Waals surface area contributed by atoms with E-state index in [4.69, 9.17) is 10.5 Å². The van der Waals surface area contributed by atoms with Crippen LogP contribution in [0, 0.1) is 0 Å². The lowest BCUT2D eigenvalue weighted by Gasteiger charge is -2.30. The van der Waals surface area contributed by atoms with Crippen molar-refractivity contribution < 1.29 is 4.74 Å². The molecule has 1 heterocycles. The summed E-state index contributed by atoms with van der Waals surface area (Å²) in [5, 5.41) is 0. The number of likely N-dealkylation sites (N-methyl/N-ethyl adjacent to an activating group) is 1. The number of hydrogen-bond acceptors (Lipinski definition) is 3. The molecule has 0 aromatic heterocycles. The lowest BCUT2D eigenvalue weighted by Crippen LogP contribution is -2.36. The van der Waals surface area contributed by atoms with Gasteiger partial charge in [0.05, 0.1) is 17.8 Å². The Hall–Kier alpha value is -0.580. The van der Waals surface area contributed by atoms with Crippen LogP contribution in [0.25, 0.3) is 0 Å². The monoisotopic (exact) mass is 312 g/mol. The van der Waals surface area contributed by atoms with Gasteiger partial charge in [-0.15, -0.1) is 0 Å². The molecule has 100 valence electrons. The van der Waals surface area contributed by atoms with E-state index in [1.54, 1.807) is 0 Å². The normalized spacial score (nSPS) is 25.2. The molecule has 0 aliphatic carbocycles. The number of anilines is 1. The highest BCUT2D eigenvalue weighted by Gasteiger charge is 2.28. The minimum Gasteiger partial charge on any atom is -0.376 e. The fraction of sp³-hybridized carbons (Fsp3) is 0.571. The largest absolute Gasteiger partial charge is 0.376 e. The first-order valence-electron chi connectivity index (χ1n) is 6.40. The van der Waals surface area contributed by atoms with Crippen LogP contribution in [0.5, 0.6) is 0 Å². The van der Waals surface area contributed by atoms with Crippen LogP contribution in [0.15, 0.2) is 22.7 Å². The van der Waals surface area contributed by atoms with Crippen LogP contribution < -0.4 is 10.6 Å². The highest BCUT2D eigenvalue weighted by atomic mass is 79.9. The maximum atomic E-state index is 5.90. The van der Waals surface area contributed by atoms with Gasteiger partial charge in [0.15, 0.2) is 0 Å². The van der Waals surface area contributed by atoms with Crippen LogP contribution in [0.1, 0.15) is 31.9 Å². The molecule has 0 amide bonds. The summed E-state index contributed by atoms with van der Waals surface area (Å²) >= 11 is 3.65. The predicted octanol–water partition coefficient (Wildman–Crippen LogP) is 3.08. The molecule has 1 aromatic rings. The second-order valence-corrected chi connectivity index (χ2v) is 5.90. The molecule has 2 rings (SSSR count). The van der Waals surface area contributed by atoms with Gasteiger partial charge in [-0.25, -0.2) is 0 Å². The zero-order valence-electron chi connectivity index (χ0n) is 11.2. The molecule has 1 fully saturated rings. The van der Waals surface area contributed by atoms with Crippen LogP contribution in [0.4, 0.5) is 5.69 Å². The van der Waals surface area contributed by atoms with Gasteiger partial charge in [-0.05, 0) is 53.9 Å². The van der Waals surface area contributed by atoms with Crippen molar-refractivity contribution in [2.75, 3.05) is 18.6 Å². The fourth-order valence-corrected chi connectivity index (χ4v) is 3.18. The maximum absolute atomic E-state index is 5.90. The topological polar surface area (TPSA) is 38.5 Å². The SMILES string of the molecule is CC1OCCC1N(C)c1ccc([C@H](C)N)cc1Br. The van der Waals surface area contributed by atoms with Crippen LogP contribution in [-0.2, 0) is 4.74 Å². The minimum atomic E-state index is 0.0643. The molecule has 1 aromatic carbocycles. The Labute approximate surface area is 117 Å². The summed E-state index contributed by atoms with van der Waals surface area (Å²) in [6.45, 7) is 4.99. The highest BCUT2D eigenvalue weighted by Crippen LogP contribution is 2.32. The van der Waals surface area contributed by atoms with Gasteiger partial charge in [-0.3, -0.25) is 0 Å². The Morgan fingerprint density at radius 1 is 1.50 bits per heavy atom. The highest BCUT2D eigenvalue weighted by molar-refractivity contribution is 9.10. The summed E-state index contributed by atoms with van der Waals surface area (Å²) in [5.74, 6) is 0. The molecular weight excluding hydrogens is 292 g/mol. The van der Waals surface area contributed by atoms with Gasteiger partial charge in [-0.2, -0.15) is 0 Å². The number of nitrogens with two attached hydrogens (primary N) is 1. The average Bonchev–Trinajstić information content (AvgIpc) is 2.74. The van der Waals surface area contributed by atoms with Gasteiger partial charge in [0, 0.05) is 24.2 Å². The molecule has 0 spiro atoms. The number of ether oxygens (including phenoxy) is 1. The van der Waals surface area contributed by atoms with Crippen LogP contribution in [0.2, 0.25) is 0 Å². The zero-order chi connectivity index (χ0) is 13.3. The lowest BCUT2D eigenvalue weighted by molar-refractivity contribution is 0.118. The third-order valence-corrected chi connectivity index (χ3v) is 4.35. The summed E-state index contributed by atoms with van der Waals surface area (Å²) < 4.78 is 6.73. The molecule has 1 aliphatic heterocycles. The molecule has 18 heavy (non-hydrogen) atoms. The Balaban J connectivity index is 2.22. The van der Waals surface area contributed by atoms with Crippen molar-refractivity contribution in [2.24, 2.45) is 5.73 Å². The molecule has 0 bridgehead atoms. The van der Waals surface area contributed by atoms with Crippen molar-refractivity contribution in [3.05, 3.63) is 28.2 Å². The number of hydrogen-bond donors (Lipinski definition) is 1. The smallest absolute Gasteiger partial charge is 0.0750 e. The second kappa shape index (κ2) is 5.59. The van der Waals surface area contributed by atoms with Crippen molar-refractivity contribution in [3.63, 3.8) is 0 Å². The second-order valence-electron chi connectivity index (χ2n) is 5.04. The summed E-state index contributed by atoms with van der Waals surface area (Å²) in [6.07, 6.45) is 1.37. The van der Waals surface area contributed by atoms with Gasteiger partial charge in [0.2, 0.25) is 0 Å². The van der Waals surface area contributed by atoms with Crippen molar-refractivity contribution in [1.29, 1.82) is 0 Å². The van der Waals surface area contributed by atoms with E-state index < -0.39 is 0 Å². The lowest BCUT2D eigenvalue weighted by atomic mass is 10.1. The standard InChI is InChI=1S/C14H21BrN2O/c1-9(16)11-4-5-14(12(15)8-11)17(3)13-6-7-18-10(13)2/h4-5,8-10,13H,6-7,16H2,1-3H3/t9-,10?,13?/m0/s1. The molecule has 1 saturated heterocycles. The number of benzene rings is 1. The van der Waals surface area contributed by atoms with E-state index >= 15 is 0 Å². The van der Waals surface area contributed by atoms with E-state index in [1.807, 2.05) is 6.92 Å². The summed E-state index contributed by atoms with van der Waals surface area (Å²) in [7, 11) is 2.13. The molecule has 4 heteroatoms. The Kier molecular flexibility index (Phi) is 4.30. The summed E-state index contributed by atoms with van der Waals surface area (Å²) in [6, 6.07) is 6.85. The first kappa shape index (κ1) is 13.8. The van der Waals surface area contributed by atoms with Crippen LogP contribution in [0.3, 0.4) is 0 Å². The Morgan fingerprint density at radius 2 is 2.22 bits per heavy atom. The maximum Gasteiger partial charge on any atom is 0.0750 e. The summed E-state index contributed by atoms with van der Waals surface area (Å²) in [5.41, 5.74) is 8.24. The molecule has 0 saturated carbocycles.